The van der Waals surface area contributed by atoms with Gasteiger partial charge in [-0.1, -0.05) is 6.07 Å². The Balaban J connectivity index is 1.38. The lowest BCUT2D eigenvalue weighted by atomic mass is 9.90. The summed E-state index contributed by atoms with van der Waals surface area (Å²) in [4.78, 5) is 15.8. The molecule has 2 N–H and O–H groups in total. The fraction of sp³-hybridized carbons (Fsp3) is 0.688. The first-order valence-electron chi connectivity index (χ1n) is 7.95. The molecule has 1 saturated heterocycles. The Bertz CT molecular complexity index is 451. The maximum atomic E-state index is 11.9. The zero-order chi connectivity index (χ0) is 14.7. The molecule has 0 aromatic carbocycles. The standard InChI is InChI=1S/C16H24N2O2S/c19-15(16(20)17-13-3-4-13)12-5-8-18(9-6-12)10-7-14-2-1-11-21-14/h1-2,11-13,15,19H,3-10H2,(H,17,20). The number of thiophene rings is 1. The van der Waals surface area contributed by atoms with Gasteiger partial charge in [-0.25, -0.2) is 0 Å². The molecule has 3 rings (SSSR count). The summed E-state index contributed by atoms with van der Waals surface area (Å²) < 4.78 is 0. The van der Waals surface area contributed by atoms with Crippen LogP contribution in [0.4, 0.5) is 0 Å². The quantitative estimate of drug-likeness (QED) is 0.840. The summed E-state index contributed by atoms with van der Waals surface area (Å²) in [6, 6.07) is 4.61. The van der Waals surface area contributed by atoms with E-state index in [1.165, 1.54) is 4.88 Å². The lowest BCUT2D eigenvalue weighted by Crippen LogP contribution is -2.45. The molecular weight excluding hydrogens is 284 g/mol. The number of aliphatic hydroxyl groups excluding tert-OH is 1. The van der Waals surface area contributed by atoms with Crippen molar-refractivity contribution < 1.29 is 9.90 Å². The Morgan fingerprint density at radius 1 is 1.38 bits per heavy atom. The van der Waals surface area contributed by atoms with Crippen LogP contribution >= 0.6 is 11.3 Å². The van der Waals surface area contributed by atoms with E-state index in [4.69, 9.17) is 0 Å². The third-order valence-corrected chi connectivity index (χ3v) is 5.46. The Hall–Kier alpha value is -0.910. The second-order valence-corrected chi connectivity index (χ2v) is 7.27. The summed E-state index contributed by atoms with van der Waals surface area (Å²) in [5.74, 6) is -0.0312. The summed E-state index contributed by atoms with van der Waals surface area (Å²) in [5.41, 5.74) is 0. The topological polar surface area (TPSA) is 52.6 Å². The van der Waals surface area contributed by atoms with E-state index < -0.39 is 6.10 Å². The molecule has 0 spiro atoms. The molecule has 2 aliphatic rings. The molecule has 1 atom stereocenters. The van der Waals surface area contributed by atoms with Crippen LogP contribution < -0.4 is 5.32 Å². The number of aliphatic hydroxyl groups is 1. The van der Waals surface area contributed by atoms with Crippen molar-refractivity contribution >= 4 is 17.2 Å². The number of hydrogen-bond donors (Lipinski definition) is 2. The lowest BCUT2D eigenvalue weighted by Gasteiger charge is -2.33. The highest BCUT2D eigenvalue weighted by Gasteiger charge is 2.32. The normalized spacial score (nSPS) is 22.1. The van der Waals surface area contributed by atoms with E-state index in [0.29, 0.717) is 6.04 Å². The van der Waals surface area contributed by atoms with E-state index in [1.807, 2.05) is 11.3 Å². The molecule has 1 unspecified atom stereocenters. The van der Waals surface area contributed by atoms with Crippen molar-refractivity contribution in [3.05, 3.63) is 22.4 Å². The maximum absolute atomic E-state index is 11.9. The van der Waals surface area contributed by atoms with Crippen molar-refractivity contribution in [3.8, 4) is 0 Å². The monoisotopic (exact) mass is 308 g/mol. The average molecular weight is 308 g/mol. The summed E-state index contributed by atoms with van der Waals surface area (Å²) in [6.45, 7) is 3.06. The molecule has 0 radical (unpaired) electrons. The third kappa shape index (κ3) is 4.28. The predicted molar refractivity (Wildman–Crippen MR) is 84.4 cm³/mol. The Morgan fingerprint density at radius 2 is 2.14 bits per heavy atom. The van der Waals surface area contributed by atoms with Crippen molar-refractivity contribution in [2.24, 2.45) is 5.92 Å². The highest BCUT2D eigenvalue weighted by molar-refractivity contribution is 7.09. The van der Waals surface area contributed by atoms with Crippen molar-refractivity contribution in [2.45, 2.75) is 44.2 Å². The highest BCUT2D eigenvalue weighted by Crippen LogP contribution is 2.23. The summed E-state index contributed by atoms with van der Waals surface area (Å²) in [7, 11) is 0. The van der Waals surface area contributed by atoms with Crippen LogP contribution in [0.5, 0.6) is 0 Å². The molecule has 2 heterocycles. The van der Waals surface area contributed by atoms with Gasteiger partial charge in [-0.2, -0.15) is 0 Å². The summed E-state index contributed by atoms with van der Waals surface area (Å²) in [5, 5.41) is 15.2. The first kappa shape index (κ1) is 15.0. The minimum Gasteiger partial charge on any atom is -0.383 e. The minimum atomic E-state index is -0.815. The second kappa shape index (κ2) is 6.90. The molecule has 0 bridgehead atoms. The number of carbonyl (C=O) groups excluding carboxylic acids is 1. The molecule has 1 aromatic heterocycles. The summed E-state index contributed by atoms with van der Waals surface area (Å²) >= 11 is 1.81. The number of nitrogens with one attached hydrogen (secondary N) is 1. The van der Waals surface area contributed by atoms with E-state index in [1.54, 1.807) is 0 Å². The van der Waals surface area contributed by atoms with Crippen LogP contribution in [-0.2, 0) is 11.2 Å². The second-order valence-electron chi connectivity index (χ2n) is 6.24. The molecule has 116 valence electrons. The molecule has 21 heavy (non-hydrogen) atoms. The van der Waals surface area contributed by atoms with Gasteiger partial charge in [0.05, 0.1) is 0 Å². The van der Waals surface area contributed by atoms with Gasteiger partial charge in [0.1, 0.15) is 6.10 Å². The Kier molecular flexibility index (Phi) is 4.93. The molecule has 4 nitrogen and oxygen atoms in total. The molecule has 1 saturated carbocycles. The molecule has 1 aromatic rings. The van der Waals surface area contributed by atoms with Crippen molar-refractivity contribution in [1.82, 2.24) is 10.2 Å². The largest absolute Gasteiger partial charge is 0.383 e. The fourth-order valence-corrected chi connectivity index (χ4v) is 3.64. The number of amides is 1. The highest BCUT2D eigenvalue weighted by atomic mass is 32.1. The smallest absolute Gasteiger partial charge is 0.249 e. The number of carbonyl (C=O) groups is 1. The first-order chi connectivity index (χ1) is 10.2. The maximum Gasteiger partial charge on any atom is 0.249 e. The van der Waals surface area contributed by atoms with Crippen LogP contribution in [0.1, 0.15) is 30.6 Å². The SMILES string of the molecule is O=C(NC1CC1)C(O)C1CCN(CCc2cccs2)CC1. The average Bonchev–Trinajstić information content (AvgIpc) is 3.16. The van der Waals surface area contributed by atoms with Crippen LogP contribution in [0.2, 0.25) is 0 Å². The van der Waals surface area contributed by atoms with Crippen LogP contribution in [0, 0.1) is 5.92 Å². The predicted octanol–water partition coefficient (Wildman–Crippen LogP) is 1.64. The van der Waals surface area contributed by atoms with Gasteiger partial charge in [-0.3, -0.25) is 4.79 Å². The van der Waals surface area contributed by atoms with E-state index in [2.05, 4.69) is 27.7 Å². The van der Waals surface area contributed by atoms with E-state index >= 15 is 0 Å². The van der Waals surface area contributed by atoms with Gasteiger partial charge in [0.2, 0.25) is 5.91 Å². The molecule has 5 heteroatoms. The Labute approximate surface area is 130 Å². The van der Waals surface area contributed by atoms with E-state index in [9.17, 15) is 9.90 Å². The van der Waals surface area contributed by atoms with Gasteiger partial charge in [0, 0.05) is 17.5 Å². The number of rotatable bonds is 6. The lowest BCUT2D eigenvalue weighted by molar-refractivity contribution is -0.133. The number of likely N-dealkylation sites (tertiary alicyclic amines) is 1. The Morgan fingerprint density at radius 3 is 2.76 bits per heavy atom. The summed E-state index contributed by atoms with van der Waals surface area (Å²) in [6.07, 6.45) is 4.27. The van der Waals surface area contributed by atoms with E-state index in [0.717, 1.165) is 51.7 Å². The van der Waals surface area contributed by atoms with Crippen molar-refractivity contribution in [2.75, 3.05) is 19.6 Å². The van der Waals surface area contributed by atoms with E-state index in [-0.39, 0.29) is 11.8 Å². The minimum absolute atomic E-state index is 0.127. The van der Waals surface area contributed by atoms with Crippen molar-refractivity contribution in [1.29, 1.82) is 0 Å². The van der Waals surface area contributed by atoms with Gasteiger partial charge in [-0.05, 0) is 62.6 Å². The number of piperidine rings is 1. The molecule has 1 aliphatic heterocycles. The van der Waals surface area contributed by atoms with Crippen LogP contribution in [0.25, 0.3) is 0 Å². The zero-order valence-corrected chi connectivity index (χ0v) is 13.1. The number of nitrogens with zero attached hydrogens (tertiary/aromatic N) is 1. The van der Waals surface area contributed by atoms with Crippen LogP contribution in [-0.4, -0.2) is 47.7 Å². The zero-order valence-electron chi connectivity index (χ0n) is 12.3. The molecule has 2 fully saturated rings. The third-order valence-electron chi connectivity index (χ3n) is 4.53. The van der Waals surface area contributed by atoms with Gasteiger partial charge in [-0.15, -0.1) is 11.3 Å². The molecule has 1 aliphatic carbocycles. The van der Waals surface area contributed by atoms with Gasteiger partial charge < -0.3 is 15.3 Å². The first-order valence-corrected chi connectivity index (χ1v) is 8.83. The molecule has 1 amide bonds. The van der Waals surface area contributed by atoms with Gasteiger partial charge in [0.15, 0.2) is 0 Å². The van der Waals surface area contributed by atoms with Crippen molar-refractivity contribution in [3.63, 3.8) is 0 Å². The van der Waals surface area contributed by atoms with Crippen LogP contribution in [0.3, 0.4) is 0 Å². The fourth-order valence-electron chi connectivity index (χ4n) is 2.94. The number of hydrogen-bond acceptors (Lipinski definition) is 4. The molecular formula is C16H24N2O2S. The van der Waals surface area contributed by atoms with Gasteiger partial charge >= 0.3 is 0 Å². The van der Waals surface area contributed by atoms with Gasteiger partial charge in [0.25, 0.3) is 0 Å². The van der Waals surface area contributed by atoms with Crippen LogP contribution in [0.15, 0.2) is 17.5 Å².